The molecule has 0 atom stereocenters. The molecular weight excluding hydrogens is 192 g/mol. The normalized spacial score (nSPS) is 11.2. The molecule has 0 amide bonds. The standard InChI is InChI=1S/C7H12N2O.Cu/c1-4(8)7(5(2)9)6(3)10;/h7-9H,1-3H3;. The summed E-state index contributed by atoms with van der Waals surface area (Å²) in [5.41, 5.74) is 0.500. The maximum atomic E-state index is 10.7. The molecule has 4 heteroatoms. The van der Waals surface area contributed by atoms with Crippen molar-refractivity contribution in [3.8, 4) is 0 Å². The van der Waals surface area contributed by atoms with Crippen LogP contribution in [0.15, 0.2) is 0 Å². The molecule has 11 heavy (non-hydrogen) atoms. The Morgan fingerprint density at radius 3 is 1.36 bits per heavy atom. The van der Waals surface area contributed by atoms with Crippen LogP contribution in [0.3, 0.4) is 0 Å². The zero-order valence-corrected chi connectivity index (χ0v) is 7.73. The average Bonchev–Trinajstić information content (AvgIpc) is 1.59. The van der Waals surface area contributed by atoms with Crippen LogP contribution in [0.4, 0.5) is 0 Å². The molecule has 0 bridgehead atoms. The second kappa shape index (κ2) is 5.22. The van der Waals surface area contributed by atoms with Gasteiger partial charge in [0.05, 0.1) is 5.92 Å². The Bertz CT molecular complexity index is 156. The first-order valence-electron chi connectivity index (χ1n) is 3.07. The molecule has 0 spiro atoms. The van der Waals surface area contributed by atoms with E-state index in [1.54, 1.807) is 13.8 Å². The summed E-state index contributed by atoms with van der Waals surface area (Å²) >= 11 is 0. The van der Waals surface area contributed by atoms with Gasteiger partial charge in [-0.2, -0.15) is 0 Å². The van der Waals surface area contributed by atoms with Crippen LogP contribution >= 0.6 is 0 Å². The van der Waals surface area contributed by atoms with Gasteiger partial charge in [0.25, 0.3) is 0 Å². The summed E-state index contributed by atoms with van der Waals surface area (Å²) in [6, 6.07) is 0. The van der Waals surface area contributed by atoms with Gasteiger partial charge < -0.3 is 10.8 Å². The Morgan fingerprint density at radius 2 is 1.36 bits per heavy atom. The van der Waals surface area contributed by atoms with Gasteiger partial charge in [0, 0.05) is 28.5 Å². The fourth-order valence-electron chi connectivity index (χ4n) is 0.935. The maximum Gasteiger partial charge on any atom is 0.144 e. The van der Waals surface area contributed by atoms with Crippen molar-refractivity contribution in [2.75, 3.05) is 0 Å². The van der Waals surface area contributed by atoms with Crippen LogP contribution in [-0.4, -0.2) is 17.2 Å². The number of nitrogens with one attached hydrogen (secondary N) is 2. The predicted octanol–water partition coefficient (Wildman–Crippen LogP) is 1.27. The maximum absolute atomic E-state index is 10.7. The van der Waals surface area contributed by atoms with E-state index >= 15 is 0 Å². The number of ketones is 1. The third-order valence-corrected chi connectivity index (χ3v) is 1.27. The molecule has 0 aliphatic carbocycles. The van der Waals surface area contributed by atoms with Gasteiger partial charge in [-0.15, -0.1) is 0 Å². The SMILES string of the molecule is CC(=N)C(C(C)=N)C(C)=O.[Cu]. The second-order valence-corrected chi connectivity index (χ2v) is 2.41. The summed E-state index contributed by atoms with van der Waals surface area (Å²) in [5.74, 6) is -0.708. The molecule has 0 saturated heterocycles. The summed E-state index contributed by atoms with van der Waals surface area (Å²) in [4.78, 5) is 10.7. The van der Waals surface area contributed by atoms with Gasteiger partial charge >= 0.3 is 0 Å². The van der Waals surface area contributed by atoms with Crippen LogP contribution in [0.1, 0.15) is 20.8 Å². The average molecular weight is 204 g/mol. The molecule has 67 valence electrons. The molecule has 3 nitrogen and oxygen atoms in total. The number of Topliss-reactive ketones (excluding diaryl/α,β-unsaturated/α-hetero) is 1. The minimum absolute atomic E-state index is 0. The van der Waals surface area contributed by atoms with E-state index in [1.165, 1.54) is 6.92 Å². The van der Waals surface area contributed by atoms with Gasteiger partial charge in [-0.05, 0) is 20.8 Å². The Hall–Kier alpha value is -0.471. The monoisotopic (exact) mass is 203 g/mol. The number of hydrogen-bond acceptors (Lipinski definition) is 3. The van der Waals surface area contributed by atoms with E-state index in [9.17, 15) is 4.79 Å². The van der Waals surface area contributed by atoms with Crippen LogP contribution in [-0.2, 0) is 21.9 Å². The molecule has 0 heterocycles. The predicted molar refractivity (Wildman–Crippen MR) is 41.0 cm³/mol. The summed E-state index contributed by atoms with van der Waals surface area (Å²) < 4.78 is 0. The van der Waals surface area contributed by atoms with E-state index in [4.69, 9.17) is 10.8 Å². The van der Waals surface area contributed by atoms with Gasteiger partial charge in [-0.25, -0.2) is 0 Å². The third kappa shape index (κ3) is 4.06. The first-order valence-corrected chi connectivity index (χ1v) is 3.07. The zero-order valence-electron chi connectivity index (χ0n) is 6.79. The molecule has 0 unspecified atom stereocenters. The van der Waals surface area contributed by atoms with Crippen molar-refractivity contribution in [1.82, 2.24) is 0 Å². The van der Waals surface area contributed by atoms with Crippen LogP contribution in [0.2, 0.25) is 0 Å². The molecule has 0 aliphatic heterocycles. The second-order valence-electron chi connectivity index (χ2n) is 2.41. The Labute approximate surface area is 77.1 Å². The van der Waals surface area contributed by atoms with E-state index in [0.717, 1.165) is 0 Å². The number of hydrogen-bond donors (Lipinski definition) is 2. The molecule has 0 rings (SSSR count). The molecule has 0 fully saturated rings. The summed E-state index contributed by atoms with van der Waals surface area (Å²) in [7, 11) is 0. The molecule has 0 aliphatic rings. The van der Waals surface area contributed by atoms with Crippen molar-refractivity contribution >= 4 is 17.2 Å². The van der Waals surface area contributed by atoms with E-state index in [1.807, 2.05) is 0 Å². The minimum Gasteiger partial charge on any atom is -0.309 e. The van der Waals surface area contributed by atoms with Crippen molar-refractivity contribution in [3.05, 3.63) is 0 Å². The van der Waals surface area contributed by atoms with Crippen molar-refractivity contribution < 1.29 is 21.9 Å². The quantitative estimate of drug-likeness (QED) is 0.527. The summed E-state index contributed by atoms with van der Waals surface area (Å²) in [6.45, 7) is 4.49. The topological polar surface area (TPSA) is 64.8 Å². The van der Waals surface area contributed by atoms with E-state index in [2.05, 4.69) is 0 Å². The molecular formula is C7H12CuN2O. The molecule has 0 aromatic carbocycles. The van der Waals surface area contributed by atoms with Crippen LogP contribution < -0.4 is 0 Å². The van der Waals surface area contributed by atoms with Crippen molar-refractivity contribution in [2.45, 2.75) is 20.8 Å². The zero-order chi connectivity index (χ0) is 8.31. The first-order chi connectivity index (χ1) is 4.46. The van der Waals surface area contributed by atoms with Crippen LogP contribution in [0.25, 0.3) is 0 Å². The molecule has 2 N–H and O–H groups in total. The van der Waals surface area contributed by atoms with E-state index in [-0.39, 0.29) is 34.3 Å². The van der Waals surface area contributed by atoms with Crippen molar-refractivity contribution in [2.24, 2.45) is 5.92 Å². The number of carbonyl (C=O) groups is 1. The minimum atomic E-state index is -0.583. The van der Waals surface area contributed by atoms with E-state index in [0.29, 0.717) is 0 Å². The van der Waals surface area contributed by atoms with E-state index < -0.39 is 5.92 Å². The van der Waals surface area contributed by atoms with Gasteiger partial charge in [0.2, 0.25) is 0 Å². The molecule has 0 aromatic rings. The molecule has 0 aromatic heterocycles. The van der Waals surface area contributed by atoms with Crippen molar-refractivity contribution in [3.63, 3.8) is 0 Å². The first kappa shape index (κ1) is 13.1. The smallest absolute Gasteiger partial charge is 0.144 e. The fourth-order valence-corrected chi connectivity index (χ4v) is 0.935. The molecule has 1 radical (unpaired) electrons. The van der Waals surface area contributed by atoms with Gasteiger partial charge in [-0.1, -0.05) is 0 Å². The van der Waals surface area contributed by atoms with Gasteiger partial charge in [0.15, 0.2) is 0 Å². The Kier molecular flexibility index (Phi) is 6.23. The Balaban J connectivity index is 0. The van der Waals surface area contributed by atoms with Crippen molar-refractivity contribution in [1.29, 1.82) is 10.8 Å². The van der Waals surface area contributed by atoms with Crippen LogP contribution in [0.5, 0.6) is 0 Å². The molecule has 0 saturated carbocycles. The fraction of sp³-hybridized carbons (Fsp3) is 0.571. The van der Waals surface area contributed by atoms with Gasteiger partial charge in [-0.3, -0.25) is 4.79 Å². The van der Waals surface area contributed by atoms with Crippen LogP contribution in [0, 0.1) is 16.7 Å². The summed E-state index contributed by atoms with van der Waals surface area (Å²) in [6.07, 6.45) is 0. The number of rotatable bonds is 3. The summed E-state index contributed by atoms with van der Waals surface area (Å²) in [5, 5.41) is 14.3. The number of carbonyl (C=O) groups excluding carboxylic acids is 1. The van der Waals surface area contributed by atoms with Gasteiger partial charge in [0.1, 0.15) is 5.78 Å². The largest absolute Gasteiger partial charge is 0.309 e. The third-order valence-electron chi connectivity index (χ3n) is 1.27. The Morgan fingerprint density at radius 1 is 1.09 bits per heavy atom.